The molecule has 0 spiro atoms. The second kappa shape index (κ2) is 3.49. The number of hydrogen-bond acceptors (Lipinski definition) is 0. The summed E-state index contributed by atoms with van der Waals surface area (Å²) < 4.78 is 0. The van der Waals surface area contributed by atoms with Crippen LogP contribution in [-0.4, -0.2) is 0 Å². The zero-order chi connectivity index (χ0) is 6.53. The molecule has 0 atom stereocenters. The van der Waals surface area contributed by atoms with Crippen LogP contribution < -0.4 is 0 Å². The van der Waals surface area contributed by atoms with E-state index in [2.05, 4.69) is 19.1 Å². The predicted octanol–water partition coefficient (Wildman–Crippen LogP) is 2.88. The van der Waals surface area contributed by atoms with Crippen LogP contribution in [0, 0.1) is 6.42 Å². The van der Waals surface area contributed by atoms with E-state index in [1.54, 1.807) is 5.57 Å². The molecule has 9 heavy (non-hydrogen) atoms. The molecular weight excluding hydrogens is 108 g/mol. The lowest BCUT2D eigenvalue weighted by molar-refractivity contribution is 0.822. The first-order valence-electron chi connectivity index (χ1n) is 3.54. The van der Waals surface area contributed by atoms with Gasteiger partial charge in [-0.15, -0.1) is 6.58 Å². The molecule has 49 valence electrons. The highest BCUT2D eigenvalue weighted by Gasteiger charge is 1.99. The van der Waals surface area contributed by atoms with Gasteiger partial charge in [-0.3, -0.25) is 0 Å². The van der Waals surface area contributed by atoms with Crippen molar-refractivity contribution >= 4 is 0 Å². The molecule has 1 rings (SSSR count). The van der Waals surface area contributed by atoms with Gasteiger partial charge in [0.2, 0.25) is 0 Å². The third kappa shape index (κ3) is 2.05. The van der Waals surface area contributed by atoms with Crippen LogP contribution in [0.5, 0.6) is 0 Å². The summed E-state index contributed by atoms with van der Waals surface area (Å²) in [7, 11) is 0. The molecule has 0 N–H and O–H groups in total. The molecular formula is C9H13. The molecule has 0 amide bonds. The van der Waals surface area contributed by atoms with E-state index >= 15 is 0 Å². The Labute approximate surface area is 57.3 Å². The summed E-state index contributed by atoms with van der Waals surface area (Å²) >= 11 is 0. The highest BCUT2D eigenvalue weighted by atomic mass is 14.1. The summed E-state index contributed by atoms with van der Waals surface area (Å²) in [5.41, 5.74) is 1.56. The Hall–Kier alpha value is -0.520. The fourth-order valence-electron chi connectivity index (χ4n) is 1.13. The van der Waals surface area contributed by atoms with Gasteiger partial charge in [-0.25, -0.2) is 0 Å². The fourth-order valence-corrected chi connectivity index (χ4v) is 1.13. The van der Waals surface area contributed by atoms with Crippen molar-refractivity contribution in [2.75, 3.05) is 0 Å². The molecule has 1 aliphatic carbocycles. The first-order valence-corrected chi connectivity index (χ1v) is 3.54. The van der Waals surface area contributed by atoms with E-state index in [-0.39, 0.29) is 0 Å². The summed E-state index contributed by atoms with van der Waals surface area (Å²) in [5, 5.41) is 0. The number of rotatable bonds is 2. The topological polar surface area (TPSA) is 0 Å². The third-order valence-corrected chi connectivity index (χ3v) is 1.65. The average molecular weight is 121 g/mol. The van der Waals surface area contributed by atoms with Crippen LogP contribution in [0.3, 0.4) is 0 Å². The van der Waals surface area contributed by atoms with Crippen LogP contribution in [0.25, 0.3) is 0 Å². The van der Waals surface area contributed by atoms with Crippen molar-refractivity contribution < 1.29 is 0 Å². The van der Waals surface area contributed by atoms with E-state index in [0.717, 1.165) is 6.42 Å². The van der Waals surface area contributed by atoms with Gasteiger partial charge in [0.05, 0.1) is 0 Å². The lowest BCUT2D eigenvalue weighted by atomic mass is 9.97. The van der Waals surface area contributed by atoms with Gasteiger partial charge in [-0.05, 0) is 32.1 Å². The molecule has 0 heterocycles. The van der Waals surface area contributed by atoms with Gasteiger partial charge >= 0.3 is 0 Å². The maximum atomic E-state index is 3.70. The number of hydrogen-bond donors (Lipinski definition) is 0. The quantitative estimate of drug-likeness (QED) is 0.493. The lowest BCUT2D eigenvalue weighted by Gasteiger charge is -2.09. The molecule has 0 saturated carbocycles. The normalized spacial score (nSPS) is 18.9. The van der Waals surface area contributed by atoms with E-state index in [1.165, 1.54) is 19.3 Å². The van der Waals surface area contributed by atoms with Crippen molar-refractivity contribution in [2.24, 2.45) is 0 Å². The molecule has 1 radical (unpaired) electrons. The molecule has 0 aliphatic heterocycles. The van der Waals surface area contributed by atoms with Gasteiger partial charge in [0.15, 0.2) is 0 Å². The standard InChI is InChI=1S/C9H13/c1-2-6-9-7-4-3-5-8-9/h2-3,7H,1,4-6,8H2. The van der Waals surface area contributed by atoms with Crippen LogP contribution >= 0.6 is 0 Å². The molecule has 0 bridgehead atoms. The largest absolute Gasteiger partial charge is 0.103 e. The highest BCUT2D eigenvalue weighted by molar-refractivity contribution is 5.11. The zero-order valence-electron chi connectivity index (χ0n) is 5.77. The van der Waals surface area contributed by atoms with E-state index in [1.807, 2.05) is 6.08 Å². The van der Waals surface area contributed by atoms with E-state index in [0.29, 0.717) is 0 Å². The van der Waals surface area contributed by atoms with E-state index < -0.39 is 0 Å². The first-order chi connectivity index (χ1) is 4.43. The summed E-state index contributed by atoms with van der Waals surface area (Å²) in [4.78, 5) is 0. The Morgan fingerprint density at radius 2 is 2.56 bits per heavy atom. The van der Waals surface area contributed by atoms with Crippen molar-refractivity contribution in [1.82, 2.24) is 0 Å². The van der Waals surface area contributed by atoms with Gasteiger partial charge < -0.3 is 0 Å². The highest BCUT2D eigenvalue weighted by Crippen LogP contribution is 2.18. The lowest BCUT2D eigenvalue weighted by Crippen LogP contribution is -1.90. The average Bonchev–Trinajstić information content (AvgIpc) is 1.91. The minimum absolute atomic E-state index is 1.09. The molecule has 0 heteroatoms. The SMILES string of the molecule is C=CCC1=CC[CH]CC1. The van der Waals surface area contributed by atoms with Crippen molar-refractivity contribution in [3.05, 3.63) is 30.7 Å². The molecule has 0 aromatic rings. The summed E-state index contributed by atoms with van der Waals surface area (Å²) in [5.74, 6) is 0. The molecule has 0 nitrogen and oxygen atoms in total. The Morgan fingerprint density at radius 1 is 1.67 bits per heavy atom. The summed E-state index contributed by atoms with van der Waals surface area (Å²) in [6.45, 7) is 3.70. The maximum absolute atomic E-state index is 3.70. The molecule has 1 aliphatic rings. The third-order valence-electron chi connectivity index (χ3n) is 1.65. The number of allylic oxidation sites excluding steroid dienone is 3. The zero-order valence-corrected chi connectivity index (χ0v) is 5.77. The Morgan fingerprint density at radius 3 is 3.11 bits per heavy atom. The molecule has 0 fully saturated rings. The van der Waals surface area contributed by atoms with Crippen LogP contribution in [-0.2, 0) is 0 Å². The molecule has 0 unspecified atom stereocenters. The Balaban J connectivity index is 2.36. The maximum Gasteiger partial charge on any atom is -0.0142 e. The second-order valence-corrected chi connectivity index (χ2v) is 2.42. The van der Waals surface area contributed by atoms with Gasteiger partial charge in [0, 0.05) is 0 Å². The van der Waals surface area contributed by atoms with Crippen molar-refractivity contribution in [3.63, 3.8) is 0 Å². The summed E-state index contributed by atoms with van der Waals surface area (Å²) in [6.07, 6.45) is 11.4. The van der Waals surface area contributed by atoms with Gasteiger partial charge in [0.1, 0.15) is 0 Å². The predicted molar refractivity (Wildman–Crippen MR) is 41.0 cm³/mol. The monoisotopic (exact) mass is 121 g/mol. The molecule has 0 aromatic heterocycles. The Kier molecular flexibility index (Phi) is 2.56. The molecule has 0 aromatic carbocycles. The van der Waals surface area contributed by atoms with Gasteiger partial charge in [0.25, 0.3) is 0 Å². The van der Waals surface area contributed by atoms with Gasteiger partial charge in [-0.2, -0.15) is 0 Å². The van der Waals surface area contributed by atoms with Crippen LogP contribution in [0.15, 0.2) is 24.3 Å². The Bertz CT molecular complexity index is 120. The van der Waals surface area contributed by atoms with Crippen molar-refractivity contribution in [3.8, 4) is 0 Å². The van der Waals surface area contributed by atoms with Crippen molar-refractivity contribution in [1.29, 1.82) is 0 Å². The van der Waals surface area contributed by atoms with Crippen molar-refractivity contribution in [2.45, 2.75) is 25.7 Å². The van der Waals surface area contributed by atoms with Crippen LogP contribution in [0.2, 0.25) is 0 Å². The van der Waals surface area contributed by atoms with E-state index in [9.17, 15) is 0 Å². The smallest absolute Gasteiger partial charge is 0.0142 e. The minimum Gasteiger partial charge on any atom is -0.103 e. The minimum atomic E-state index is 1.09. The summed E-state index contributed by atoms with van der Waals surface area (Å²) in [6, 6.07) is 0. The van der Waals surface area contributed by atoms with Gasteiger partial charge in [-0.1, -0.05) is 17.7 Å². The van der Waals surface area contributed by atoms with Crippen LogP contribution in [0.1, 0.15) is 25.7 Å². The van der Waals surface area contributed by atoms with Crippen LogP contribution in [0.4, 0.5) is 0 Å². The molecule has 0 saturated heterocycles. The fraction of sp³-hybridized carbons (Fsp3) is 0.444. The second-order valence-electron chi connectivity index (χ2n) is 2.42. The van der Waals surface area contributed by atoms with E-state index in [4.69, 9.17) is 0 Å². The first kappa shape index (κ1) is 6.60.